The molecule has 0 bridgehead atoms. The summed E-state index contributed by atoms with van der Waals surface area (Å²) in [5.74, 6) is -2.02. The molecule has 2 aromatic carbocycles. The molecule has 3 aromatic rings. The smallest absolute Gasteiger partial charge is 0.265 e. The van der Waals surface area contributed by atoms with Gasteiger partial charge < -0.3 is 9.64 Å². The normalized spacial score (nSPS) is 11.0. The van der Waals surface area contributed by atoms with Crippen molar-refractivity contribution in [1.29, 1.82) is 0 Å². The second-order valence-electron chi connectivity index (χ2n) is 6.74. The zero-order valence-electron chi connectivity index (χ0n) is 16.8. The summed E-state index contributed by atoms with van der Waals surface area (Å²) in [5, 5.41) is 0.843. The van der Waals surface area contributed by atoms with E-state index in [9.17, 15) is 18.4 Å². The van der Waals surface area contributed by atoms with Gasteiger partial charge in [0.05, 0.1) is 28.4 Å². The van der Waals surface area contributed by atoms with Crippen LogP contribution in [0.15, 0.2) is 30.3 Å². The largest absolute Gasteiger partial charge is 0.492 e. The number of hydrogen-bond acceptors (Lipinski definition) is 3. The van der Waals surface area contributed by atoms with Crippen molar-refractivity contribution in [2.75, 3.05) is 18.1 Å². The highest BCUT2D eigenvalue weighted by atomic mass is 35.5. The minimum absolute atomic E-state index is 0.280. The average molecular weight is 435 g/mol. The van der Waals surface area contributed by atoms with E-state index in [-0.39, 0.29) is 10.6 Å². The van der Waals surface area contributed by atoms with E-state index >= 15 is 0 Å². The van der Waals surface area contributed by atoms with Gasteiger partial charge in [0.15, 0.2) is 0 Å². The first-order valence-electron chi connectivity index (χ1n) is 9.53. The number of nitrogens with zero attached hydrogens (tertiary/aromatic N) is 2. The van der Waals surface area contributed by atoms with Crippen LogP contribution in [-0.2, 0) is 4.79 Å². The molecule has 0 fully saturated rings. The zero-order chi connectivity index (χ0) is 22.0. The highest BCUT2D eigenvalue weighted by Crippen LogP contribution is 2.39. The van der Waals surface area contributed by atoms with Crippen LogP contribution in [0, 0.1) is 18.6 Å². The van der Waals surface area contributed by atoms with E-state index < -0.39 is 17.5 Å². The van der Waals surface area contributed by atoms with Gasteiger partial charge in [0.1, 0.15) is 17.4 Å². The summed E-state index contributed by atoms with van der Waals surface area (Å²) >= 11 is 6.37. The SMILES string of the molecule is CCCOc1cc2c(N(C=O)CC)c(C)n(C(=O)c3ccc(F)cc3F)c2cc1Cl. The molecule has 0 unspecified atom stereocenters. The van der Waals surface area contributed by atoms with Crippen LogP contribution in [0.5, 0.6) is 5.75 Å². The van der Waals surface area contributed by atoms with Gasteiger partial charge in [-0.25, -0.2) is 8.78 Å². The molecule has 0 saturated heterocycles. The molecule has 0 aliphatic heterocycles. The molecule has 1 aromatic heterocycles. The number of ether oxygens (including phenoxy) is 1. The number of carbonyl (C=O) groups is 2. The standard InChI is InChI=1S/C22H21ClF2N2O3/c1-4-8-30-20-10-16-19(11-17(20)23)27(13(3)21(16)26(5-2)12-28)22(29)15-7-6-14(24)9-18(15)25/h6-7,9-12H,4-5,8H2,1-3H3. The van der Waals surface area contributed by atoms with Gasteiger partial charge in [0, 0.05) is 23.7 Å². The fraction of sp³-hybridized carbons (Fsp3) is 0.273. The average Bonchev–Trinajstić information content (AvgIpc) is 2.98. The van der Waals surface area contributed by atoms with Crippen molar-refractivity contribution in [2.24, 2.45) is 0 Å². The van der Waals surface area contributed by atoms with E-state index in [1.807, 2.05) is 6.92 Å². The second-order valence-corrected chi connectivity index (χ2v) is 7.15. The van der Waals surface area contributed by atoms with Crippen molar-refractivity contribution < 1.29 is 23.1 Å². The van der Waals surface area contributed by atoms with Gasteiger partial charge in [-0.3, -0.25) is 14.2 Å². The van der Waals surface area contributed by atoms with Gasteiger partial charge in [-0.1, -0.05) is 18.5 Å². The Kier molecular flexibility index (Phi) is 6.41. The molecule has 0 spiro atoms. The number of halogens is 3. The number of hydrogen-bond donors (Lipinski definition) is 0. The van der Waals surface area contributed by atoms with Crippen molar-refractivity contribution in [3.05, 3.63) is 58.2 Å². The Labute approximate surface area is 177 Å². The maximum absolute atomic E-state index is 14.3. The number of anilines is 1. The van der Waals surface area contributed by atoms with Crippen LogP contribution in [0.1, 0.15) is 36.3 Å². The highest BCUT2D eigenvalue weighted by molar-refractivity contribution is 6.33. The van der Waals surface area contributed by atoms with Crippen molar-refractivity contribution >= 4 is 40.5 Å². The van der Waals surface area contributed by atoms with Crippen LogP contribution in [-0.4, -0.2) is 30.0 Å². The van der Waals surface area contributed by atoms with E-state index in [1.54, 1.807) is 26.0 Å². The van der Waals surface area contributed by atoms with Crippen LogP contribution in [0.4, 0.5) is 14.5 Å². The lowest BCUT2D eigenvalue weighted by molar-refractivity contribution is -0.107. The fourth-order valence-corrected chi connectivity index (χ4v) is 3.63. The Hall–Kier alpha value is -2.93. The van der Waals surface area contributed by atoms with Crippen molar-refractivity contribution in [1.82, 2.24) is 4.57 Å². The number of fused-ring (bicyclic) bond motifs is 1. The van der Waals surface area contributed by atoms with Crippen LogP contribution in [0.25, 0.3) is 10.9 Å². The van der Waals surface area contributed by atoms with Gasteiger partial charge in [-0.2, -0.15) is 0 Å². The van der Waals surface area contributed by atoms with Gasteiger partial charge in [-0.05, 0) is 44.5 Å². The predicted molar refractivity (Wildman–Crippen MR) is 113 cm³/mol. The Morgan fingerprint density at radius 1 is 1.23 bits per heavy atom. The lowest BCUT2D eigenvalue weighted by atomic mass is 10.2. The molecule has 0 radical (unpaired) electrons. The molecule has 8 heteroatoms. The number of benzene rings is 2. The lowest BCUT2D eigenvalue weighted by Crippen LogP contribution is -2.22. The van der Waals surface area contributed by atoms with Crippen LogP contribution in [0.3, 0.4) is 0 Å². The number of carbonyl (C=O) groups excluding carboxylic acids is 2. The first kappa shape index (κ1) is 21.8. The number of aromatic nitrogens is 1. The quantitative estimate of drug-likeness (QED) is 0.471. The molecule has 158 valence electrons. The van der Waals surface area contributed by atoms with Crippen molar-refractivity contribution in [3.8, 4) is 5.75 Å². The highest BCUT2D eigenvalue weighted by Gasteiger charge is 2.26. The van der Waals surface area contributed by atoms with Gasteiger partial charge in [0.25, 0.3) is 5.91 Å². The fourth-order valence-electron chi connectivity index (χ4n) is 3.41. The molecule has 0 atom stereocenters. The minimum atomic E-state index is -0.973. The van der Waals surface area contributed by atoms with Crippen molar-refractivity contribution in [2.45, 2.75) is 27.2 Å². The van der Waals surface area contributed by atoms with Crippen LogP contribution in [0.2, 0.25) is 5.02 Å². The molecular formula is C22H21ClF2N2O3. The maximum Gasteiger partial charge on any atom is 0.265 e. The third-order valence-electron chi connectivity index (χ3n) is 4.81. The Bertz CT molecular complexity index is 1130. The summed E-state index contributed by atoms with van der Waals surface area (Å²) in [7, 11) is 0. The van der Waals surface area contributed by atoms with Gasteiger partial charge in [0.2, 0.25) is 6.41 Å². The molecule has 5 nitrogen and oxygen atoms in total. The summed E-state index contributed by atoms with van der Waals surface area (Å²) in [6.45, 7) is 6.21. The number of rotatable bonds is 7. The number of amides is 1. The van der Waals surface area contributed by atoms with E-state index in [2.05, 4.69) is 0 Å². The summed E-state index contributed by atoms with van der Waals surface area (Å²) < 4.78 is 34.6. The summed E-state index contributed by atoms with van der Waals surface area (Å²) in [5.41, 5.74) is 1.03. The topological polar surface area (TPSA) is 51.5 Å². The molecule has 1 amide bonds. The maximum atomic E-state index is 14.3. The Balaban J connectivity index is 2.30. The molecule has 0 N–H and O–H groups in total. The Morgan fingerprint density at radius 3 is 2.57 bits per heavy atom. The summed E-state index contributed by atoms with van der Waals surface area (Å²) in [6, 6.07) is 5.99. The minimum Gasteiger partial charge on any atom is -0.492 e. The van der Waals surface area contributed by atoms with E-state index in [0.717, 1.165) is 18.6 Å². The first-order valence-corrected chi connectivity index (χ1v) is 9.90. The van der Waals surface area contributed by atoms with Crippen LogP contribution >= 0.6 is 11.6 Å². The van der Waals surface area contributed by atoms with E-state index in [4.69, 9.17) is 16.3 Å². The molecule has 0 aliphatic rings. The van der Waals surface area contributed by atoms with Gasteiger partial charge in [-0.15, -0.1) is 0 Å². The predicted octanol–water partition coefficient (Wildman–Crippen LogP) is 5.34. The van der Waals surface area contributed by atoms with Crippen molar-refractivity contribution in [3.63, 3.8) is 0 Å². The zero-order valence-corrected chi connectivity index (χ0v) is 17.6. The van der Waals surface area contributed by atoms with E-state index in [0.29, 0.717) is 53.7 Å². The lowest BCUT2D eigenvalue weighted by Gasteiger charge is -2.16. The molecule has 30 heavy (non-hydrogen) atoms. The third kappa shape index (κ3) is 3.77. The van der Waals surface area contributed by atoms with E-state index in [1.165, 1.54) is 9.47 Å². The molecule has 1 heterocycles. The Morgan fingerprint density at radius 2 is 1.97 bits per heavy atom. The molecular weight excluding hydrogens is 414 g/mol. The molecule has 0 aliphatic carbocycles. The third-order valence-corrected chi connectivity index (χ3v) is 5.10. The second kappa shape index (κ2) is 8.83. The monoisotopic (exact) mass is 434 g/mol. The summed E-state index contributed by atoms with van der Waals surface area (Å²) in [4.78, 5) is 26.3. The van der Waals surface area contributed by atoms with Gasteiger partial charge >= 0.3 is 0 Å². The first-order chi connectivity index (χ1) is 14.3. The summed E-state index contributed by atoms with van der Waals surface area (Å²) in [6.07, 6.45) is 1.44. The molecule has 3 rings (SSSR count). The molecule has 0 saturated carbocycles. The van der Waals surface area contributed by atoms with Crippen LogP contribution < -0.4 is 9.64 Å².